The van der Waals surface area contributed by atoms with E-state index >= 15 is 0 Å². The van der Waals surface area contributed by atoms with Gasteiger partial charge in [-0.05, 0) is 57.2 Å². The van der Waals surface area contributed by atoms with Crippen molar-refractivity contribution in [3.8, 4) is 17.0 Å². The number of aromatic nitrogens is 2. The van der Waals surface area contributed by atoms with Gasteiger partial charge in [0, 0.05) is 18.1 Å². The molecule has 0 bridgehead atoms. The molecule has 0 unspecified atom stereocenters. The van der Waals surface area contributed by atoms with Gasteiger partial charge < -0.3 is 14.8 Å². The molecule has 1 heterocycles. The normalized spacial score (nSPS) is 11.0. The Morgan fingerprint density at radius 3 is 2.29 bits per heavy atom. The van der Waals surface area contributed by atoms with E-state index < -0.39 is 17.7 Å². The maximum absolute atomic E-state index is 12.7. The number of hydrogen-bond donors (Lipinski definition) is 1. The Balaban J connectivity index is 1.85. The Morgan fingerprint density at radius 2 is 1.65 bits per heavy atom. The van der Waals surface area contributed by atoms with E-state index in [0.717, 1.165) is 4.68 Å². The highest BCUT2D eigenvalue weighted by Gasteiger charge is 2.22. The second kappa shape index (κ2) is 8.83. The third-order valence-corrected chi connectivity index (χ3v) is 4.04. The molecular formula is C23H23N3O5. The van der Waals surface area contributed by atoms with Gasteiger partial charge in [0.05, 0.1) is 17.6 Å². The summed E-state index contributed by atoms with van der Waals surface area (Å²) >= 11 is 0. The molecule has 0 aliphatic rings. The molecule has 1 aromatic heterocycles. The first-order valence-electron chi connectivity index (χ1n) is 9.61. The minimum absolute atomic E-state index is 0.353. The summed E-state index contributed by atoms with van der Waals surface area (Å²) in [6, 6.07) is 14.9. The first-order valence-corrected chi connectivity index (χ1v) is 9.61. The molecule has 31 heavy (non-hydrogen) atoms. The molecule has 0 saturated carbocycles. The van der Waals surface area contributed by atoms with Gasteiger partial charge in [0.15, 0.2) is 0 Å². The van der Waals surface area contributed by atoms with Crippen LogP contribution in [0.4, 0.5) is 10.5 Å². The van der Waals surface area contributed by atoms with Crippen molar-refractivity contribution in [3.05, 3.63) is 66.4 Å². The average Bonchev–Trinajstić information content (AvgIpc) is 3.17. The Morgan fingerprint density at radius 1 is 0.968 bits per heavy atom. The summed E-state index contributed by atoms with van der Waals surface area (Å²) in [5.74, 6) is -0.441. The highest BCUT2D eigenvalue weighted by Crippen LogP contribution is 2.29. The summed E-state index contributed by atoms with van der Waals surface area (Å²) in [6.45, 7) is 6.62. The zero-order chi connectivity index (χ0) is 22.6. The summed E-state index contributed by atoms with van der Waals surface area (Å²) in [5, 5.41) is 6.93. The zero-order valence-corrected chi connectivity index (χ0v) is 17.7. The standard InChI is InChI=1S/C23H23N3O5/c1-15(27)30-17-11-9-16(10-12-17)21(28)25-19-8-6-5-7-18(19)20-13-14-24-26(20)22(29)31-23(2,3)4/h5-14H,1-4H3,(H,25,28). The van der Waals surface area contributed by atoms with Gasteiger partial charge >= 0.3 is 12.1 Å². The van der Waals surface area contributed by atoms with Crippen molar-refractivity contribution in [2.24, 2.45) is 0 Å². The van der Waals surface area contributed by atoms with Crippen molar-refractivity contribution >= 4 is 23.7 Å². The van der Waals surface area contributed by atoms with E-state index in [9.17, 15) is 14.4 Å². The van der Waals surface area contributed by atoms with Crippen LogP contribution < -0.4 is 10.1 Å². The van der Waals surface area contributed by atoms with Gasteiger partial charge in [-0.1, -0.05) is 18.2 Å². The van der Waals surface area contributed by atoms with Crippen LogP contribution in [0, 0.1) is 0 Å². The molecule has 160 valence electrons. The number of para-hydroxylation sites is 1. The third-order valence-electron chi connectivity index (χ3n) is 4.04. The molecule has 2 aromatic carbocycles. The summed E-state index contributed by atoms with van der Waals surface area (Å²) in [7, 11) is 0. The molecule has 1 amide bonds. The van der Waals surface area contributed by atoms with Crippen LogP contribution >= 0.6 is 0 Å². The lowest BCUT2D eigenvalue weighted by Crippen LogP contribution is -2.28. The number of rotatable bonds is 4. The lowest BCUT2D eigenvalue weighted by atomic mass is 10.1. The predicted octanol–water partition coefficient (Wildman–Crippen LogP) is 4.51. The van der Waals surface area contributed by atoms with Gasteiger partial charge in [0.2, 0.25) is 0 Å². The lowest BCUT2D eigenvalue weighted by molar-refractivity contribution is -0.131. The van der Waals surface area contributed by atoms with E-state index in [0.29, 0.717) is 28.3 Å². The summed E-state index contributed by atoms with van der Waals surface area (Å²) < 4.78 is 11.5. The Hall–Kier alpha value is -3.94. The molecule has 0 atom stereocenters. The Kier molecular flexibility index (Phi) is 6.20. The lowest BCUT2D eigenvalue weighted by Gasteiger charge is -2.20. The van der Waals surface area contributed by atoms with Crippen LogP contribution in [0.3, 0.4) is 0 Å². The van der Waals surface area contributed by atoms with Crippen LogP contribution in [0.5, 0.6) is 5.75 Å². The fourth-order valence-corrected chi connectivity index (χ4v) is 2.81. The fraction of sp³-hybridized carbons (Fsp3) is 0.217. The highest BCUT2D eigenvalue weighted by molar-refractivity contribution is 6.06. The molecule has 8 heteroatoms. The quantitative estimate of drug-likeness (QED) is 0.491. The number of hydrogen-bond acceptors (Lipinski definition) is 6. The van der Waals surface area contributed by atoms with Crippen molar-refractivity contribution < 1.29 is 23.9 Å². The fourth-order valence-electron chi connectivity index (χ4n) is 2.81. The number of carbonyl (C=O) groups is 3. The predicted molar refractivity (Wildman–Crippen MR) is 115 cm³/mol. The molecule has 3 rings (SSSR count). The molecular weight excluding hydrogens is 398 g/mol. The van der Waals surface area contributed by atoms with E-state index in [1.807, 2.05) is 0 Å². The van der Waals surface area contributed by atoms with Crippen molar-refractivity contribution in [2.45, 2.75) is 33.3 Å². The molecule has 0 aliphatic heterocycles. The molecule has 1 N–H and O–H groups in total. The number of carbonyl (C=O) groups excluding carboxylic acids is 3. The van der Waals surface area contributed by atoms with Crippen LogP contribution in [-0.4, -0.2) is 33.4 Å². The molecule has 0 spiro atoms. The topological polar surface area (TPSA) is 99.5 Å². The maximum Gasteiger partial charge on any atom is 0.435 e. The van der Waals surface area contributed by atoms with E-state index in [-0.39, 0.29) is 5.91 Å². The molecule has 0 aliphatic carbocycles. The largest absolute Gasteiger partial charge is 0.442 e. The Bertz CT molecular complexity index is 1110. The number of anilines is 1. The molecule has 3 aromatic rings. The second-order valence-corrected chi connectivity index (χ2v) is 7.73. The zero-order valence-electron chi connectivity index (χ0n) is 17.7. The highest BCUT2D eigenvalue weighted by atomic mass is 16.6. The van der Waals surface area contributed by atoms with E-state index in [1.54, 1.807) is 75.4 Å². The van der Waals surface area contributed by atoms with Gasteiger partial charge in [-0.3, -0.25) is 9.59 Å². The van der Waals surface area contributed by atoms with Gasteiger partial charge in [0.25, 0.3) is 5.91 Å². The van der Waals surface area contributed by atoms with Gasteiger partial charge in [0.1, 0.15) is 11.4 Å². The molecule has 0 radical (unpaired) electrons. The number of ether oxygens (including phenoxy) is 2. The third kappa shape index (κ3) is 5.57. The van der Waals surface area contributed by atoms with E-state index in [1.165, 1.54) is 13.1 Å². The molecule has 0 saturated heterocycles. The number of nitrogens with one attached hydrogen (secondary N) is 1. The van der Waals surface area contributed by atoms with Crippen molar-refractivity contribution in [3.63, 3.8) is 0 Å². The minimum Gasteiger partial charge on any atom is -0.442 e. The van der Waals surface area contributed by atoms with Crippen LogP contribution in [-0.2, 0) is 9.53 Å². The van der Waals surface area contributed by atoms with Crippen LogP contribution in [0.25, 0.3) is 11.3 Å². The summed E-state index contributed by atoms with van der Waals surface area (Å²) in [6.07, 6.45) is 0.876. The van der Waals surface area contributed by atoms with Crippen molar-refractivity contribution in [1.82, 2.24) is 9.78 Å². The average molecular weight is 421 g/mol. The molecule has 8 nitrogen and oxygen atoms in total. The van der Waals surface area contributed by atoms with Crippen molar-refractivity contribution in [2.75, 3.05) is 5.32 Å². The smallest absolute Gasteiger partial charge is 0.435 e. The van der Waals surface area contributed by atoms with E-state index in [4.69, 9.17) is 9.47 Å². The van der Waals surface area contributed by atoms with Gasteiger partial charge in [-0.15, -0.1) is 0 Å². The van der Waals surface area contributed by atoms with E-state index in [2.05, 4.69) is 10.4 Å². The van der Waals surface area contributed by atoms with Crippen LogP contribution in [0.15, 0.2) is 60.8 Å². The summed E-state index contributed by atoms with van der Waals surface area (Å²) in [4.78, 5) is 36.3. The minimum atomic E-state index is -0.674. The second-order valence-electron chi connectivity index (χ2n) is 7.73. The first kappa shape index (κ1) is 21.8. The number of benzene rings is 2. The van der Waals surface area contributed by atoms with Gasteiger partial charge in [-0.2, -0.15) is 9.78 Å². The van der Waals surface area contributed by atoms with Crippen molar-refractivity contribution in [1.29, 1.82) is 0 Å². The Labute approximate surface area is 179 Å². The number of nitrogens with zero attached hydrogens (tertiary/aromatic N) is 2. The monoisotopic (exact) mass is 421 g/mol. The SMILES string of the molecule is CC(=O)Oc1ccc(C(=O)Nc2ccccc2-c2ccnn2C(=O)OC(C)(C)C)cc1. The summed E-state index contributed by atoms with van der Waals surface area (Å²) in [5.41, 5.74) is 1.30. The molecule has 0 fully saturated rings. The number of esters is 1. The number of amides is 1. The van der Waals surface area contributed by atoms with Crippen LogP contribution in [0.2, 0.25) is 0 Å². The maximum atomic E-state index is 12.7. The van der Waals surface area contributed by atoms with Gasteiger partial charge in [-0.25, -0.2) is 4.79 Å². The first-order chi connectivity index (χ1) is 14.6. The van der Waals surface area contributed by atoms with Crippen LogP contribution in [0.1, 0.15) is 38.1 Å².